The van der Waals surface area contributed by atoms with Gasteiger partial charge in [-0.15, -0.1) is 0 Å². The van der Waals surface area contributed by atoms with E-state index < -0.39 is 11.6 Å². The molecule has 3 rings (SSSR count). The molecule has 0 fully saturated rings. The van der Waals surface area contributed by atoms with E-state index in [0.717, 1.165) is 16.7 Å². The van der Waals surface area contributed by atoms with E-state index in [-0.39, 0.29) is 4.92 Å². The van der Waals surface area contributed by atoms with Gasteiger partial charge in [0, 0.05) is 17.1 Å². The smallest absolute Gasteiger partial charge is 0.267 e. The number of rotatable bonds is 4. The first-order valence-corrected chi connectivity index (χ1v) is 7.86. The summed E-state index contributed by atoms with van der Waals surface area (Å²) in [5, 5.41) is 12.1. The fraction of sp³-hybridized carbons (Fsp3) is 0.158. The molecule has 0 N–H and O–H groups in total. The summed E-state index contributed by atoms with van der Waals surface area (Å²) >= 11 is 5.91. The van der Waals surface area contributed by atoms with Gasteiger partial charge in [0.15, 0.2) is 5.60 Å². The number of halogens is 1. The Morgan fingerprint density at radius 1 is 1.04 bits per heavy atom. The van der Waals surface area contributed by atoms with Crippen molar-refractivity contribution in [3.63, 3.8) is 0 Å². The molecule has 4 nitrogen and oxygen atoms in total. The van der Waals surface area contributed by atoms with Crippen molar-refractivity contribution in [3.8, 4) is 11.1 Å². The molecule has 0 amide bonds. The second-order valence-corrected chi connectivity index (χ2v) is 5.99. The maximum absolute atomic E-state index is 11.5. The Morgan fingerprint density at radius 3 is 2.17 bits per heavy atom. The van der Waals surface area contributed by atoms with Gasteiger partial charge in [-0.3, -0.25) is 10.1 Å². The summed E-state index contributed by atoms with van der Waals surface area (Å²) in [6.07, 6.45) is 6.73. The van der Waals surface area contributed by atoms with Crippen molar-refractivity contribution in [1.29, 1.82) is 0 Å². The molecule has 1 aliphatic rings. The van der Waals surface area contributed by atoms with Gasteiger partial charge in [0.2, 0.25) is 0 Å². The first kappa shape index (κ1) is 16.4. The van der Waals surface area contributed by atoms with Gasteiger partial charge in [-0.25, -0.2) is 0 Å². The predicted octanol–water partition coefficient (Wildman–Crippen LogP) is 4.62. The Morgan fingerprint density at radius 2 is 1.62 bits per heavy atom. The highest BCUT2D eigenvalue weighted by atomic mass is 35.5. The van der Waals surface area contributed by atoms with Gasteiger partial charge >= 0.3 is 0 Å². The third kappa shape index (κ3) is 2.86. The fourth-order valence-electron chi connectivity index (χ4n) is 2.98. The second-order valence-electron chi connectivity index (χ2n) is 5.56. The molecule has 1 aliphatic carbocycles. The highest BCUT2D eigenvalue weighted by Crippen LogP contribution is 2.36. The van der Waals surface area contributed by atoms with Crippen LogP contribution in [0.15, 0.2) is 72.8 Å². The average molecular weight is 342 g/mol. The van der Waals surface area contributed by atoms with Crippen LogP contribution in [0.5, 0.6) is 0 Å². The zero-order valence-electron chi connectivity index (χ0n) is 13.1. The quantitative estimate of drug-likeness (QED) is 0.602. The molecule has 0 radical (unpaired) electrons. The van der Waals surface area contributed by atoms with Gasteiger partial charge in [0.05, 0.1) is 0 Å². The molecule has 2 atom stereocenters. The van der Waals surface area contributed by atoms with E-state index in [1.54, 1.807) is 24.3 Å². The van der Waals surface area contributed by atoms with E-state index in [2.05, 4.69) is 0 Å². The van der Waals surface area contributed by atoms with Crippen molar-refractivity contribution in [3.05, 3.63) is 93.5 Å². The number of allylic oxidation sites excluding steroid dienone is 2. The number of benzene rings is 2. The summed E-state index contributed by atoms with van der Waals surface area (Å²) in [6.45, 7) is 0. The Balaban J connectivity index is 1.99. The average Bonchev–Trinajstić information content (AvgIpc) is 2.62. The largest absolute Gasteiger partial charge is 0.362 e. The fourth-order valence-corrected chi connectivity index (χ4v) is 3.10. The summed E-state index contributed by atoms with van der Waals surface area (Å²) < 4.78 is 5.60. The van der Waals surface area contributed by atoms with E-state index in [9.17, 15) is 10.1 Å². The van der Waals surface area contributed by atoms with Crippen LogP contribution in [-0.2, 0) is 10.3 Å². The lowest BCUT2D eigenvalue weighted by molar-refractivity contribution is -0.531. The van der Waals surface area contributed by atoms with Crippen LogP contribution in [0, 0.1) is 10.1 Å². The van der Waals surface area contributed by atoms with E-state index in [4.69, 9.17) is 16.3 Å². The summed E-state index contributed by atoms with van der Waals surface area (Å²) in [7, 11) is 1.49. The minimum atomic E-state index is -1.10. The Labute approximate surface area is 145 Å². The van der Waals surface area contributed by atoms with E-state index in [1.807, 2.05) is 48.5 Å². The molecule has 2 aromatic carbocycles. The molecule has 5 heteroatoms. The van der Waals surface area contributed by atoms with Crippen LogP contribution < -0.4 is 0 Å². The molecule has 24 heavy (non-hydrogen) atoms. The lowest BCUT2D eigenvalue weighted by atomic mass is 9.82. The van der Waals surface area contributed by atoms with Crippen molar-refractivity contribution in [2.75, 3.05) is 7.11 Å². The van der Waals surface area contributed by atoms with Crippen molar-refractivity contribution in [2.45, 2.75) is 11.6 Å². The van der Waals surface area contributed by atoms with Gasteiger partial charge in [-0.05, 0) is 41.0 Å². The zero-order valence-corrected chi connectivity index (χ0v) is 13.8. The summed E-state index contributed by atoms with van der Waals surface area (Å²) in [5.74, 6) is 0. The highest BCUT2D eigenvalue weighted by molar-refractivity contribution is 6.30. The first-order valence-electron chi connectivity index (χ1n) is 7.48. The first-order chi connectivity index (χ1) is 11.6. The van der Waals surface area contributed by atoms with Crippen LogP contribution in [0.4, 0.5) is 0 Å². The number of hydrogen-bond acceptors (Lipinski definition) is 3. The number of hydrogen-bond donors (Lipinski definition) is 0. The van der Waals surface area contributed by atoms with Crippen LogP contribution in [0.2, 0.25) is 5.02 Å². The predicted molar refractivity (Wildman–Crippen MR) is 94.6 cm³/mol. The molecule has 2 unspecified atom stereocenters. The van der Waals surface area contributed by atoms with Crippen molar-refractivity contribution in [2.24, 2.45) is 0 Å². The lowest BCUT2D eigenvalue weighted by Gasteiger charge is -2.32. The molecule has 2 aromatic rings. The topological polar surface area (TPSA) is 52.4 Å². The maximum atomic E-state index is 11.5. The van der Waals surface area contributed by atoms with E-state index >= 15 is 0 Å². The molecule has 0 saturated carbocycles. The third-order valence-electron chi connectivity index (χ3n) is 4.27. The molecule has 0 aromatic heterocycles. The van der Waals surface area contributed by atoms with Gasteiger partial charge in [-0.2, -0.15) is 0 Å². The van der Waals surface area contributed by atoms with Crippen LogP contribution in [-0.4, -0.2) is 18.1 Å². The molecular weight excluding hydrogens is 326 g/mol. The van der Waals surface area contributed by atoms with Crippen LogP contribution in [0.3, 0.4) is 0 Å². The van der Waals surface area contributed by atoms with Gasteiger partial charge in [0.1, 0.15) is 0 Å². The normalized spacial score (nSPS) is 22.5. The monoisotopic (exact) mass is 341 g/mol. The van der Waals surface area contributed by atoms with Crippen LogP contribution in [0.1, 0.15) is 5.56 Å². The zero-order chi connectivity index (χ0) is 17.2. The highest BCUT2D eigenvalue weighted by Gasteiger charge is 2.46. The van der Waals surface area contributed by atoms with Gasteiger partial charge in [0.25, 0.3) is 6.04 Å². The summed E-state index contributed by atoms with van der Waals surface area (Å²) in [6, 6.07) is 14.2. The SMILES string of the molecule is COC1(c2ccc(-c3ccc(Cl)cc3)cc2)C=CC=CC1[N+](=O)[O-]. The molecule has 0 saturated heterocycles. The molecule has 0 aliphatic heterocycles. The van der Waals surface area contributed by atoms with Crippen molar-refractivity contribution < 1.29 is 9.66 Å². The Kier molecular flexibility index (Phi) is 4.51. The van der Waals surface area contributed by atoms with Gasteiger partial charge < -0.3 is 4.74 Å². The second kappa shape index (κ2) is 6.59. The summed E-state index contributed by atoms with van der Waals surface area (Å²) in [4.78, 5) is 11.1. The van der Waals surface area contributed by atoms with Crippen molar-refractivity contribution in [1.82, 2.24) is 0 Å². The number of nitro groups is 1. The Bertz CT molecular complexity index is 796. The van der Waals surface area contributed by atoms with E-state index in [0.29, 0.717) is 5.02 Å². The summed E-state index contributed by atoms with van der Waals surface area (Å²) in [5.41, 5.74) is 1.68. The minimum absolute atomic E-state index is 0.323. The molecule has 0 heterocycles. The molecular formula is C19H16ClNO3. The van der Waals surface area contributed by atoms with Crippen molar-refractivity contribution >= 4 is 11.6 Å². The Hall–Kier alpha value is -2.43. The standard InChI is InChI=1S/C19H16ClNO3/c1-24-19(13-3-2-4-18(19)21(22)23)16-9-5-14(6-10-16)15-7-11-17(20)12-8-15/h2-13,18H,1H3. The van der Waals surface area contributed by atoms with Crippen LogP contribution in [0.25, 0.3) is 11.1 Å². The number of methoxy groups -OCH3 is 1. The molecule has 0 spiro atoms. The van der Waals surface area contributed by atoms with Gasteiger partial charge in [-0.1, -0.05) is 60.2 Å². The molecule has 0 bridgehead atoms. The number of nitrogens with zero attached hydrogens (tertiary/aromatic N) is 1. The lowest BCUT2D eigenvalue weighted by Crippen LogP contribution is -2.44. The maximum Gasteiger partial charge on any atom is 0.267 e. The third-order valence-corrected chi connectivity index (χ3v) is 4.52. The van der Waals surface area contributed by atoms with Crippen LogP contribution >= 0.6 is 11.6 Å². The number of ether oxygens (including phenoxy) is 1. The van der Waals surface area contributed by atoms with E-state index in [1.165, 1.54) is 7.11 Å². The molecule has 122 valence electrons. The minimum Gasteiger partial charge on any atom is -0.362 e.